The Hall–Kier alpha value is -1.46. The van der Waals surface area contributed by atoms with Crippen LogP contribution in [0.1, 0.15) is 31.2 Å². The lowest BCUT2D eigenvalue weighted by atomic mass is 10.1. The molecule has 23 heavy (non-hydrogen) atoms. The molecule has 120 valence electrons. The van der Waals surface area contributed by atoms with Crippen LogP contribution in [0.5, 0.6) is 5.75 Å². The van der Waals surface area contributed by atoms with Crippen molar-refractivity contribution in [3.8, 4) is 5.75 Å². The number of ether oxygens (including phenoxy) is 1. The molecule has 1 aromatic rings. The van der Waals surface area contributed by atoms with E-state index in [1.165, 1.54) is 36.4 Å². The van der Waals surface area contributed by atoms with Gasteiger partial charge in [-0.15, -0.1) is 6.58 Å². The zero-order valence-electron chi connectivity index (χ0n) is 12.9. The summed E-state index contributed by atoms with van der Waals surface area (Å²) in [6, 6.07) is 7.86. The van der Waals surface area contributed by atoms with Crippen molar-refractivity contribution in [2.24, 2.45) is 4.99 Å². The lowest BCUT2D eigenvalue weighted by Crippen LogP contribution is -2.11. The Morgan fingerprint density at radius 1 is 1.35 bits per heavy atom. The van der Waals surface area contributed by atoms with Crippen LogP contribution in [0.15, 0.2) is 47.6 Å². The highest BCUT2D eigenvalue weighted by Crippen LogP contribution is 2.33. The molecule has 0 bridgehead atoms. The largest absolute Gasteiger partial charge is 0.490 e. The Kier molecular flexibility index (Phi) is 5.62. The molecule has 1 aromatic carbocycles. The zero-order valence-corrected chi connectivity index (χ0v) is 14.5. The number of hydrogen-bond donors (Lipinski definition) is 0. The van der Waals surface area contributed by atoms with E-state index in [1.54, 1.807) is 0 Å². The zero-order chi connectivity index (χ0) is 16.1. The van der Waals surface area contributed by atoms with Crippen molar-refractivity contribution in [3.63, 3.8) is 0 Å². The average Bonchev–Trinajstić information content (AvgIpc) is 3.17. The van der Waals surface area contributed by atoms with Gasteiger partial charge in [-0.3, -0.25) is 4.79 Å². The van der Waals surface area contributed by atoms with Gasteiger partial charge in [-0.1, -0.05) is 36.0 Å². The maximum atomic E-state index is 12.1. The number of carbonyl (C=O) groups is 1. The second-order valence-electron chi connectivity index (χ2n) is 5.46. The molecule has 3 rings (SSSR count). The smallest absolute Gasteiger partial charge is 0.244 e. The minimum atomic E-state index is -0.00719. The van der Waals surface area contributed by atoms with E-state index in [2.05, 4.69) is 11.6 Å². The highest BCUT2D eigenvalue weighted by molar-refractivity contribution is 8.45. The molecule has 5 heteroatoms. The number of para-hydroxylation sites is 1. The molecule has 3 nitrogen and oxygen atoms in total. The molecule has 0 saturated heterocycles. The molecule has 0 amide bonds. The second kappa shape index (κ2) is 7.88. The topological polar surface area (TPSA) is 38.7 Å². The molecule has 0 unspecified atom stereocenters. The average molecular weight is 345 g/mol. The third-order valence-electron chi connectivity index (χ3n) is 3.73. The van der Waals surface area contributed by atoms with Crippen molar-refractivity contribution in [2.45, 2.75) is 31.8 Å². The summed E-state index contributed by atoms with van der Waals surface area (Å²) >= 11 is 2.72. The number of carbonyl (C=O) groups excluding carboxylic acids is 1. The van der Waals surface area contributed by atoms with Crippen LogP contribution in [-0.4, -0.2) is 21.3 Å². The van der Waals surface area contributed by atoms with Gasteiger partial charge in [0.1, 0.15) is 15.8 Å². The number of rotatable bonds is 5. The van der Waals surface area contributed by atoms with Crippen LogP contribution in [-0.2, 0) is 4.79 Å². The highest BCUT2D eigenvalue weighted by Gasteiger charge is 2.23. The summed E-state index contributed by atoms with van der Waals surface area (Å²) in [4.78, 5) is 16.5. The first-order valence-electron chi connectivity index (χ1n) is 7.78. The molecule has 1 heterocycles. The van der Waals surface area contributed by atoms with Gasteiger partial charge >= 0.3 is 0 Å². The molecule has 1 saturated carbocycles. The first kappa shape index (κ1) is 16.4. The summed E-state index contributed by atoms with van der Waals surface area (Å²) < 4.78 is 6.90. The monoisotopic (exact) mass is 345 g/mol. The minimum Gasteiger partial charge on any atom is -0.490 e. The summed E-state index contributed by atoms with van der Waals surface area (Å²) in [7, 11) is 0. The van der Waals surface area contributed by atoms with Crippen molar-refractivity contribution in [1.29, 1.82) is 0 Å². The van der Waals surface area contributed by atoms with Gasteiger partial charge < -0.3 is 4.74 Å². The van der Waals surface area contributed by atoms with Crippen LogP contribution in [0, 0.1) is 0 Å². The van der Waals surface area contributed by atoms with E-state index >= 15 is 0 Å². The van der Waals surface area contributed by atoms with Gasteiger partial charge in [0.2, 0.25) is 5.12 Å². The van der Waals surface area contributed by atoms with Crippen LogP contribution < -0.4 is 4.74 Å². The fourth-order valence-electron chi connectivity index (χ4n) is 2.62. The van der Waals surface area contributed by atoms with Gasteiger partial charge in [0.15, 0.2) is 0 Å². The highest BCUT2D eigenvalue weighted by atomic mass is 32.2. The molecule has 0 atom stereocenters. The predicted octanol–water partition coefficient (Wildman–Crippen LogP) is 4.90. The van der Waals surface area contributed by atoms with Crippen molar-refractivity contribution in [3.05, 3.63) is 48.2 Å². The maximum Gasteiger partial charge on any atom is 0.244 e. The van der Waals surface area contributed by atoms with Gasteiger partial charge in [-0.25, -0.2) is 4.99 Å². The summed E-state index contributed by atoms with van der Waals surface area (Å²) in [5, 5.41) is -0.00719. The SMILES string of the molecule is C=CCSC1=N/C(=C/c2ccccc2OC2CCCC2)C(=O)S1. The molecular weight excluding hydrogens is 326 g/mol. The predicted molar refractivity (Wildman–Crippen MR) is 100.0 cm³/mol. The van der Waals surface area contributed by atoms with Gasteiger partial charge in [-0.05, 0) is 49.6 Å². The molecule has 2 aliphatic rings. The van der Waals surface area contributed by atoms with E-state index in [-0.39, 0.29) is 5.12 Å². The van der Waals surface area contributed by atoms with Gasteiger partial charge in [0.05, 0.1) is 6.10 Å². The van der Waals surface area contributed by atoms with Crippen molar-refractivity contribution < 1.29 is 9.53 Å². The Bertz CT molecular complexity index is 661. The first-order valence-corrected chi connectivity index (χ1v) is 9.58. The number of thioether (sulfide) groups is 2. The fraction of sp³-hybridized carbons (Fsp3) is 0.333. The number of benzene rings is 1. The van der Waals surface area contributed by atoms with E-state index in [4.69, 9.17) is 4.74 Å². The van der Waals surface area contributed by atoms with E-state index in [1.807, 2.05) is 36.4 Å². The van der Waals surface area contributed by atoms with Crippen molar-refractivity contribution in [2.75, 3.05) is 5.75 Å². The van der Waals surface area contributed by atoms with E-state index in [0.717, 1.165) is 34.3 Å². The number of nitrogens with zero attached hydrogens (tertiary/aromatic N) is 1. The quantitative estimate of drug-likeness (QED) is 0.562. The van der Waals surface area contributed by atoms with Gasteiger partial charge in [-0.2, -0.15) is 0 Å². The van der Waals surface area contributed by atoms with Gasteiger partial charge in [0.25, 0.3) is 0 Å². The van der Waals surface area contributed by atoms with E-state index < -0.39 is 0 Å². The summed E-state index contributed by atoms with van der Waals surface area (Å²) in [5.74, 6) is 1.60. The van der Waals surface area contributed by atoms with Crippen LogP contribution in [0.3, 0.4) is 0 Å². The van der Waals surface area contributed by atoms with Crippen LogP contribution in [0.2, 0.25) is 0 Å². The van der Waals surface area contributed by atoms with E-state index in [0.29, 0.717) is 11.8 Å². The van der Waals surface area contributed by atoms with Gasteiger partial charge in [0, 0.05) is 11.3 Å². The summed E-state index contributed by atoms with van der Waals surface area (Å²) in [6.07, 6.45) is 8.63. The molecule has 1 aliphatic carbocycles. The molecule has 1 aliphatic heterocycles. The lowest BCUT2D eigenvalue weighted by Gasteiger charge is -2.15. The first-order chi connectivity index (χ1) is 11.3. The fourth-order valence-corrected chi connectivity index (χ4v) is 4.22. The summed E-state index contributed by atoms with van der Waals surface area (Å²) in [5.41, 5.74) is 1.41. The van der Waals surface area contributed by atoms with Crippen LogP contribution in [0.25, 0.3) is 6.08 Å². The second-order valence-corrected chi connectivity index (χ2v) is 7.69. The lowest BCUT2D eigenvalue weighted by molar-refractivity contribution is -0.107. The molecule has 1 fully saturated rings. The van der Waals surface area contributed by atoms with Crippen molar-refractivity contribution in [1.82, 2.24) is 0 Å². The minimum absolute atomic E-state index is 0.00719. The number of aliphatic imine (C=N–C) groups is 1. The van der Waals surface area contributed by atoms with Crippen molar-refractivity contribution >= 4 is 39.1 Å². The Morgan fingerprint density at radius 3 is 2.91 bits per heavy atom. The Labute approximate surface area is 145 Å². The molecular formula is C18H19NO2S2. The van der Waals surface area contributed by atoms with Crippen LogP contribution in [0.4, 0.5) is 0 Å². The standard InChI is InChI=1S/C18H19NO2S2/c1-2-11-22-18-19-15(17(20)23-18)12-13-7-3-6-10-16(13)21-14-8-4-5-9-14/h2-3,6-7,10,12,14H,1,4-5,8-9,11H2/b15-12+. The normalized spacial score (nSPS) is 20.1. The number of hydrogen-bond acceptors (Lipinski definition) is 5. The molecule has 0 radical (unpaired) electrons. The molecule has 0 spiro atoms. The third-order valence-corrected chi connectivity index (χ3v) is 5.74. The summed E-state index contributed by atoms with van der Waals surface area (Å²) in [6.45, 7) is 3.69. The van der Waals surface area contributed by atoms with Crippen LogP contribution >= 0.6 is 23.5 Å². The molecule has 0 aromatic heterocycles. The van der Waals surface area contributed by atoms with E-state index in [9.17, 15) is 4.79 Å². The Balaban J connectivity index is 1.79. The maximum absolute atomic E-state index is 12.1. The third kappa shape index (κ3) is 4.30. The Morgan fingerprint density at radius 2 is 2.13 bits per heavy atom. The molecule has 0 N–H and O–H groups in total.